The molecule has 1 unspecified atom stereocenters. The molecular weight excluding hydrogens is 198 g/mol. The molecule has 1 saturated heterocycles. The van der Waals surface area contributed by atoms with Gasteiger partial charge in [-0.1, -0.05) is 13.8 Å². The third-order valence-corrected chi connectivity index (χ3v) is 3.34. The molecule has 16 heavy (non-hydrogen) atoms. The van der Waals surface area contributed by atoms with Crippen LogP contribution in [0.15, 0.2) is 0 Å². The minimum atomic E-state index is 0.660. The summed E-state index contributed by atoms with van der Waals surface area (Å²) in [5.74, 6) is 0.797. The van der Waals surface area contributed by atoms with Crippen molar-refractivity contribution in [1.82, 2.24) is 15.1 Å². The zero-order valence-corrected chi connectivity index (χ0v) is 11.5. The first-order chi connectivity index (χ1) is 7.58. The summed E-state index contributed by atoms with van der Waals surface area (Å²) < 4.78 is 0. The van der Waals surface area contributed by atoms with Gasteiger partial charge in [-0.2, -0.15) is 0 Å². The van der Waals surface area contributed by atoms with Crippen molar-refractivity contribution in [1.29, 1.82) is 0 Å². The Bertz CT molecular complexity index is 174. The minimum Gasteiger partial charge on any atom is -0.313 e. The van der Waals surface area contributed by atoms with Crippen LogP contribution >= 0.6 is 0 Å². The van der Waals surface area contributed by atoms with E-state index < -0.39 is 0 Å². The van der Waals surface area contributed by atoms with E-state index in [0.717, 1.165) is 12.5 Å². The van der Waals surface area contributed by atoms with Crippen LogP contribution in [0.4, 0.5) is 0 Å². The van der Waals surface area contributed by atoms with E-state index in [1.165, 1.54) is 39.1 Å². The van der Waals surface area contributed by atoms with Crippen molar-refractivity contribution in [2.45, 2.75) is 33.2 Å². The molecule has 1 aliphatic rings. The molecular formula is C13H29N3. The molecule has 1 atom stereocenters. The first-order valence-corrected chi connectivity index (χ1v) is 6.72. The van der Waals surface area contributed by atoms with Gasteiger partial charge in [0.2, 0.25) is 0 Å². The largest absolute Gasteiger partial charge is 0.313 e. The van der Waals surface area contributed by atoms with E-state index in [-0.39, 0.29) is 0 Å². The van der Waals surface area contributed by atoms with Crippen molar-refractivity contribution >= 4 is 0 Å². The van der Waals surface area contributed by atoms with Crippen LogP contribution in [-0.2, 0) is 0 Å². The van der Waals surface area contributed by atoms with Gasteiger partial charge in [-0.25, -0.2) is 0 Å². The van der Waals surface area contributed by atoms with E-state index in [1.54, 1.807) is 0 Å². The lowest BCUT2D eigenvalue weighted by atomic mass is 10.1. The van der Waals surface area contributed by atoms with E-state index in [4.69, 9.17) is 0 Å². The lowest BCUT2D eigenvalue weighted by Gasteiger charge is -2.32. The number of hydrogen-bond acceptors (Lipinski definition) is 3. The summed E-state index contributed by atoms with van der Waals surface area (Å²) in [6.07, 6.45) is 1.28. The third kappa shape index (κ3) is 5.83. The molecule has 1 N–H and O–H groups in total. The quantitative estimate of drug-likeness (QED) is 0.737. The molecule has 96 valence electrons. The average molecular weight is 227 g/mol. The number of nitrogens with zero attached hydrogens (tertiary/aromatic N) is 2. The fraction of sp³-hybridized carbons (Fsp3) is 1.00. The first-order valence-electron chi connectivity index (χ1n) is 6.72. The smallest absolute Gasteiger partial charge is 0.0110 e. The van der Waals surface area contributed by atoms with Crippen LogP contribution in [0.25, 0.3) is 0 Å². The van der Waals surface area contributed by atoms with Crippen LogP contribution in [0.5, 0.6) is 0 Å². The molecule has 0 aromatic heterocycles. The summed E-state index contributed by atoms with van der Waals surface area (Å²) in [6, 6.07) is 0.660. The van der Waals surface area contributed by atoms with Crippen LogP contribution in [0.1, 0.15) is 27.2 Å². The third-order valence-electron chi connectivity index (χ3n) is 3.34. The zero-order chi connectivity index (χ0) is 12.0. The molecule has 0 bridgehead atoms. The van der Waals surface area contributed by atoms with Crippen LogP contribution in [0.3, 0.4) is 0 Å². The summed E-state index contributed by atoms with van der Waals surface area (Å²) in [5, 5.41) is 3.62. The molecule has 3 heteroatoms. The second-order valence-electron chi connectivity index (χ2n) is 5.63. The Kier molecular flexibility index (Phi) is 6.32. The Morgan fingerprint density at radius 1 is 1.06 bits per heavy atom. The predicted molar refractivity (Wildman–Crippen MR) is 70.9 cm³/mol. The van der Waals surface area contributed by atoms with Gasteiger partial charge in [0.15, 0.2) is 0 Å². The normalized spacial score (nSPS) is 21.6. The highest BCUT2D eigenvalue weighted by atomic mass is 15.2. The fourth-order valence-corrected chi connectivity index (χ4v) is 2.33. The van der Waals surface area contributed by atoms with Crippen LogP contribution in [-0.4, -0.2) is 62.2 Å². The Morgan fingerprint density at radius 3 is 2.25 bits per heavy atom. The van der Waals surface area contributed by atoms with Gasteiger partial charge in [0.05, 0.1) is 0 Å². The molecule has 1 aliphatic heterocycles. The highest BCUT2D eigenvalue weighted by Crippen LogP contribution is 2.03. The van der Waals surface area contributed by atoms with E-state index in [9.17, 15) is 0 Å². The van der Waals surface area contributed by atoms with E-state index in [2.05, 4.69) is 42.9 Å². The van der Waals surface area contributed by atoms with Crippen LogP contribution in [0.2, 0.25) is 0 Å². The van der Waals surface area contributed by atoms with Crippen molar-refractivity contribution in [3.63, 3.8) is 0 Å². The van der Waals surface area contributed by atoms with Crippen molar-refractivity contribution in [3.05, 3.63) is 0 Å². The number of piperazine rings is 1. The number of nitrogens with one attached hydrogen (secondary N) is 1. The lowest BCUT2D eigenvalue weighted by molar-refractivity contribution is 0.153. The topological polar surface area (TPSA) is 18.5 Å². The summed E-state index contributed by atoms with van der Waals surface area (Å²) in [7, 11) is 2.21. The molecule has 0 radical (unpaired) electrons. The maximum Gasteiger partial charge on any atom is 0.0110 e. The van der Waals surface area contributed by atoms with E-state index in [1.807, 2.05) is 0 Å². The van der Waals surface area contributed by atoms with E-state index >= 15 is 0 Å². The van der Waals surface area contributed by atoms with Crippen LogP contribution in [0, 0.1) is 5.92 Å². The number of likely N-dealkylation sites (N-methyl/N-ethyl adjacent to an activating group) is 1. The fourth-order valence-electron chi connectivity index (χ4n) is 2.33. The zero-order valence-electron chi connectivity index (χ0n) is 11.5. The Labute approximate surface area is 101 Å². The summed E-state index contributed by atoms with van der Waals surface area (Å²) in [4.78, 5) is 4.97. The maximum absolute atomic E-state index is 3.62. The summed E-state index contributed by atoms with van der Waals surface area (Å²) in [6.45, 7) is 14.1. The Hall–Kier alpha value is -0.120. The molecule has 1 rings (SSSR count). The van der Waals surface area contributed by atoms with Gasteiger partial charge >= 0.3 is 0 Å². The van der Waals surface area contributed by atoms with Gasteiger partial charge < -0.3 is 10.2 Å². The van der Waals surface area contributed by atoms with Gasteiger partial charge in [0.25, 0.3) is 0 Å². The molecule has 1 heterocycles. The van der Waals surface area contributed by atoms with Gasteiger partial charge in [-0.3, -0.25) is 4.90 Å². The maximum atomic E-state index is 3.62. The standard InChI is InChI=1S/C13H29N3/c1-12(2)11-13(3)14-5-6-16-9-7-15(4)8-10-16/h12-14H,5-11H2,1-4H3. The molecule has 0 aromatic carbocycles. The predicted octanol–water partition coefficient (Wildman–Crippen LogP) is 1.26. The van der Waals surface area contributed by atoms with Gasteiger partial charge in [-0.15, -0.1) is 0 Å². The summed E-state index contributed by atoms with van der Waals surface area (Å²) in [5.41, 5.74) is 0. The van der Waals surface area contributed by atoms with Crippen LogP contribution < -0.4 is 5.32 Å². The highest BCUT2D eigenvalue weighted by molar-refractivity contribution is 4.71. The molecule has 0 amide bonds. The lowest BCUT2D eigenvalue weighted by Crippen LogP contribution is -2.47. The molecule has 0 aliphatic carbocycles. The van der Waals surface area contributed by atoms with Crippen molar-refractivity contribution in [3.8, 4) is 0 Å². The Morgan fingerprint density at radius 2 is 1.69 bits per heavy atom. The molecule has 1 fully saturated rings. The highest BCUT2D eigenvalue weighted by Gasteiger charge is 2.13. The SMILES string of the molecule is CC(C)CC(C)NCCN1CCN(C)CC1. The van der Waals surface area contributed by atoms with Gasteiger partial charge in [0.1, 0.15) is 0 Å². The van der Waals surface area contributed by atoms with Gasteiger partial charge in [-0.05, 0) is 26.3 Å². The monoisotopic (exact) mass is 227 g/mol. The second-order valence-corrected chi connectivity index (χ2v) is 5.63. The average Bonchev–Trinajstić information content (AvgIpc) is 2.20. The number of rotatable bonds is 6. The Balaban J connectivity index is 2.02. The molecule has 0 spiro atoms. The van der Waals surface area contributed by atoms with Crippen molar-refractivity contribution in [2.24, 2.45) is 5.92 Å². The van der Waals surface area contributed by atoms with Gasteiger partial charge in [0, 0.05) is 45.3 Å². The second kappa shape index (κ2) is 7.25. The number of hydrogen-bond donors (Lipinski definition) is 1. The minimum absolute atomic E-state index is 0.660. The summed E-state index contributed by atoms with van der Waals surface area (Å²) >= 11 is 0. The van der Waals surface area contributed by atoms with Crippen molar-refractivity contribution in [2.75, 3.05) is 46.3 Å². The van der Waals surface area contributed by atoms with E-state index in [0.29, 0.717) is 6.04 Å². The molecule has 0 aromatic rings. The molecule has 0 saturated carbocycles. The first kappa shape index (κ1) is 13.9. The molecule has 3 nitrogen and oxygen atoms in total. The van der Waals surface area contributed by atoms with Crippen molar-refractivity contribution < 1.29 is 0 Å².